The number of carbonyl (C=O) groups excluding carboxylic acids is 1. The van der Waals surface area contributed by atoms with Gasteiger partial charge < -0.3 is 4.90 Å². The van der Waals surface area contributed by atoms with Crippen molar-refractivity contribution in [3.63, 3.8) is 0 Å². The maximum absolute atomic E-state index is 12.8. The van der Waals surface area contributed by atoms with Gasteiger partial charge in [0, 0.05) is 23.1 Å². The summed E-state index contributed by atoms with van der Waals surface area (Å²) in [5, 5.41) is 12.6. The number of likely N-dealkylation sites (tertiary alicyclic amines) is 1. The summed E-state index contributed by atoms with van der Waals surface area (Å²) in [5.41, 5.74) is 0.879. The van der Waals surface area contributed by atoms with Crippen molar-refractivity contribution in [2.24, 2.45) is 11.8 Å². The van der Waals surface area contributed by atoms with Crippen molar-refractivity contribution in [1.29, 1.82) is 0 Å². The average molecular weight is 392 g/mol. The number of hydrogen-bond donors (Lipinski definition) is 0. The Hall–Kier alpha value is -1.76. The molecule has 1 aliphatic heterocycles. The maximum atomic E-state index is 12.8. The van der Waals surface area contributed by atoms with Gasteiger partial charge in [0.05, 0.1) is 0 Å². The third kappa shape index (κ3) is 3.66. The lowest BCUT2D eigenvalue weighted by molar-refractivity contribution is -0.137. The Morgan fingerprint density at radius 3 is 2.46 bits per heavy atom. The number of rotatable bonds is 3. The fourth-order valence-corrected chi connectivity index (χ4v) is 3.57. The third-order valence-corrected chi connectivity index (χ3v) is 4.94. The van der Waals surface area contributed by atoms with Crippen molar-refractivity contribution in [3.8, 4) is 11.4 Å². The van der Waals surface area contributed by atoms with Crippen molar-refractivity contribution < 1.29 is 4.79 Å². The van der Waals surface area contributed by atoms with Crippen molar-refractivity contribution >= 4 is 21.8 Å². The van der Waals surface area contributed by atoms with Crippen LogP contribution in [0.4, 0.5) is 0 Å². The minimum atomic E-state index is -0.445. The lowest BCUT2D eigenvalue weighted by atomic mass is 9.91. The fraction of sp³-hybridized carbons (Fsp3) is 0.529. The number of amides is 1. The van der Waals surface area contributed by atoms with E-state index in [2.05, 4.69) is 45.2 Å². The lowest BCUT2D eigenvalue weighted by Crippen LogP contribution is -2.45. The first-order chi connectivity index (χ1) is 11.4. The van der Waals surface area contributed by atoms with E-state index in [1.807, 2.05) is 36.1 Å². The molecule has 128 valence electrons. The quantitative estimate of drug-likeness (QED) is 0.805. The molecule has 1 aromatic heterocycles. The Morgan fingerprint density at radius 1 is 1.21 bits per heavy atom. The van der Waals surface area contributed by atoms with E-state index < -0.39 is 6.04 Å². The van der Waals surface area contributed by atoms with Crippen molar-refractivity contribution in [3.05, 3.63) is 28.7 Å². The number of nitrogens with zero attached hydrogens (tertiary/aromatic N) is 5. The van der Waals surface area contributed by atoms with E-state index in [1.54, 1.807) is 0 Å². The fourth-order valence-electron chi connectivity index (χ4n) is 3.31. The molecule has 0 saturated carbocycles. The molecule has 24 heavy (non-hydrogen) atoms. The first-order valence-electron chi connectivity index (χ1n) is 8.28. The number of tetrazole rings is 1. The topological polar surface area (TPSA) is 63.9 Å². The summed E-state index contributed by atoms with van der Waals surface area (Å²) in [6.45, 7) is 7.84. The largest absolute Gasteiger partial charge is 0.340 e. The molecule has 1 aromatic carbocycles. The molecular formula is C17H22BrN5O. The summed E-state index contributed by atoms with van der Waals surface area (Å²) >= 11 is 3.41. The third-order valence-electron chi connectivity index (χ3n) is 4.42. The van der Waals surface area contributed by atoms with Crippen molar-refractivity contribution in [2.75, 3.05) is 13.1 Å². The van der Waals surface area contributed by atoms with Gasteiger partial charge in [-0.25, -0.2) is 0 Å². The second kappa shape index (κ2) is 7.01. The highest BCUT2D eigenvalue weighted by Gasteiger charge is 2.30. The Bertz CT molecular complexity index is 704. The van der Waals surface area contributed by atoms with Gasteiger partial charge in [-0.2, -0.15) is 4.80 Å². The molecule has 0 spiro atoms. The van der Waals surface area contributed by atoms with Crippen LogP contribution in [0.15, 0.2) is 28.7 Å². The highest BCUT2D eigenvalue weighted by atomic mass is 79.9. The van der Waals surface area contributed by atoms with Crippen LogP contribution in [-0.4, -0.2) is 44.1 Å². The van der Waals surface area contributed by atoms with E-state index in [4.69, 9.17) is 0 Å². The number of carbonyl (C=O) groups is 1. The van der Waals surface area contributed by atoms with Crippen LogP contribution in [0, 0.1) is 11.8 Å². The van der Waals surface area contributed by atoms with Gasteiger partial charge >= 0.3 is 0 Å². The highest BCUT2D eigenvalue weighted by molar-refractivity contribution is 9.10. The Morgan fingerprint density at radius 2 is 1.83 bits per heavy atom. The highest BCUT2D eigenvalue weighted by Crippen LogP contribution is 2.23. The molecule has 1 aliphatic rings. The monoisotopic (exact) mass is 391 g/mol. The smallest absolute Gasteiger partial charge is 0.249 e. The standard InChI is InChI=1S/C17H22BrN5O/c1-11-8-12(2)10-22(9-11)17(24)13(3)23-20-16(19-21-23)14-4-6-15(18)7-5-14/h4-7,11-13H,8-10H2,1-3H3. The second-order valence-electron chi connectivity index (χ2n) is 6.81. The Kier molecular flexibility index (Phi) is 4.99. The average Bonchev–Trinajstić information content (AvgIpc) is 3.03. The molecule has 1 saturated heterocycles. The molecule has 0 aliphatic carbocycles. The Labute approximate surface area is 150 Å². The molecular weight excluding hydrogens is 370 g/mol. The molecule has 2 aromatic rings. The minimum absolute atomic E-state index is 0.0631. The summed E-state index contributed by atoms with van der Waals surface area (Å²) < 4.78 is 0.996. The summed E-state index contributed by atoms with van der Waals surface area (Å²) in [4.78, 5) is 16.1. The number of halogens is 1. The van der Waals surface area contributed by atoms with Crippen LogP contribution in [0.3, 0.4) is 0 Å². The Balaban J connectivity index is 1.74. The molecule has 7 heteroatoms. The predicted octanol–water partition coefficient (Wildman–Crippen LogP) is 3.17. The van der Waals surface area contributed by atoms with Gasteiger partial charge in [0.1, 0.15) is 6.04 Å². The van der Waals surface area contributed by atoms with E-state index >= 15 is 0 Å². The van der Waals surface area contributed by atoms with Crippen LogP contribution in [0.1, 0.15) is 33.2 Å². The number of benzene rings is 1. The van der Waals surface area contributed by atoms with Crippen LogP contribution in [-0.2, 0) is 4.79 Å². The van der Waals surface area contributed by atoms with Crippen LogP contribution >= 0.6 is 15.9 Å². The zero-order chi connectivity index (χ0) is 17.3. The first kappa shape index (κ1) is 17.1. The van der Waals surface area contributed by atoms with Crippen molar-refractivity contribution in [1.82, 2.24) is 25.1 Å². The molecule has 0 radical (unpaired) electrons. The van der Waals surface area contributed by atoms with Crippen LogP contribution in [0.2, 0.25) is 0 Å². The van der Waals surface area contributed by atoms with Gasteiger partial charge in [0.2, 0.25) is 11.7 Å². The minimum Gasteiger partial charge on any atom is -0.340 e. The van der Waals surface area contributed by atoms with Gasteiger partial charge in [-0.05, 0) is 54.7 Å². The van der Waals surface area contributed by atoms with Gasteiger partial charge in [0.25, 0.3) is 0 Å². The van der Waals surface area contributed by atoms with Crippen LogP contribution < -0.4 is 0 Å². The molecule has 6 nitrogen and oxygen atoms in total. The van der Waals surface area contributed by atoms with E-state index in [-0.39, 0.29) is 5.91 Å². The molecule has 1 amide bonds. The summed E-state index contributed by atoms with van der Waals surface area (Å²) in [7, 11) is 0. The van der Waals surface area contributed by atoms with E-state index in [0.29, 0.717) is 17.7 Å². The second-order valence-corrected chi connectivity index (χ2v) is 7.72. The van der Waals surface area contributed by atoms with Gasteiger partial charge in [-0.3, -0.25) is 4.79 Å². The molecule has 3 unspecified atom stereocenters. The first-order valence-corrected chi connectivity index (χ1v) is 9.07. The molecule has 1 fully saturated rings. The van der Waals surface area contributed by atoms with Crippen LogP contribution in [0.5, 0.6) is 0 Å². The molecule has 3 atom stereocenters. The van der Waals surface area contributed by atoms with Crippen LogP contribution in [0.25, 0.3) is 11.4 Å². The normalized spacial score (nSPS) is 22.4. The van der Waals surface area contributed by atoms with E-state index in [0.717, 1.165) is 23.1 Å². The molecule has 3 rings (SSSR count). The number of aromatic nitrogens is 4. The van der Waals surface area contributed by atoms with Gasteiger partial charge in [-0.15, -0.1) is 10.2 Å². The van der Waals surface area contributed by atoms with Crippen molar-refractivity contribution in [2.45, 2.75) is 33.2 Å². The summed E-state index contributed by atoms with van der Waals surface area (Å²) in [6, 6.07) is 7.26. The maximum Gasteiger partial charge on any atom is 0.249 e. The van der Waals surface area contributed by atoms with E-state index in [1.165, 1.54) is 11.2 Å². The van der Waals surface area contributed by atoms with E-state index in [9.17, 15) is 4.79 Å². The number of hydrogen-bond acceptors (Lipinski definition) is 4. The molecule has 2 heterocycles. The number of piperidine rings is 1. The molecule has 0 N–H and O–H groups in total. The van der Waals surface area contributed by atoms with Gasteiger partial charge in [-0.1, -0.05) is 29.8 Å². The zero-order valence-corrected chi connectivity index (χ0v) is 15.8. The predicted molar refractivity (Wildman–Crippen MR) is 95.2 cm³/mol. The molecule has 0 bridgehead atoms. The SMILES string of the molecule is CC1CC(C)CN(C(=O)C(C)n2nnc(-c3ccc(Br)cc3)n2)C1. The lowest BCUT2D eigenvalue weighted by Gasteiger charge is -2.36. The zero-order valence-electron chi connectivity index (χ0n) is 14.2. The summed E-state index contributed by atoms with van der Waals surface area (Å²) in [6.07, 6.45) is 1.17. The summed E-state index contributed by atoms with van der Waals surface area (Å²) in [5.74, 6) is 1.66. The van der Waals surface area contributed by atoms with Gasteiger partial charge in [0.15, 0.2) is 0 Å².